The maximum atomic E-state index is 11.3. The number of aliphatic carboxylic acids is 2. The lowest BCUT2D eigenvalue weighted by molar-refractivity contribution is -0.387. The van der Waals surface area contributed by atoms with Crippen molar-refractivity contribution in [2.24, 2.45) is 0 Å². The molecule has 0 radical (unpaired) electrons. The largest absolute Gasteiger partial charge is 0.497 e. The number of aliphatic hydroxyl groups is 2. The van der Waals surface area contributed by atoms with Crippen molar-refractivity contribution < 1.29 is 63.5 Å². The number of carbonyl (C=O) groups is 2. The van der Waals surface area contributed by atoms with Crippen LogP contribution in [0.1, 0.15) is 142 Å². The van der Waals surface area contributed by atoms with Crippen molar-refractivity contribution in [2.45, 2.75) is 137 Å². The van der Waals surface area contributed by atoms with Crippen LogP contribution in [0.3, 0.4) is 0 Å². The summed E-state index contributed by atoms with van der Waals surface area (Å²) in [5.41, 5.74) is 6.64. The minimum atomic E-state index is -1.77. The minimum absolute atomic E-state index is 0. The summed E-state index contributed by atoms with van der Waals surface area (Å²) in [6.07, 6.45) is 8.55. The van der Waals surface area contributed by atoms with E-state index in [1.807, 2.05) is 146 Å². The number of piperidine rings is 3. The fourth-order valence-corrected chi connectivity index (χ4v) is 15.4. The summed E-state index contributed by atoms with van der Waals surface area (Å²) >= 11 is 31.5. The van der Waals surface area contributed by atoms with Crippen LogP contribution >= 0.6 is 81.5 Å². The van der Waals surface area contributed by atoms with Gasteiger partial charge in [-0.3, -0.25) is 35.2 Å². The molecule has 0 saturated carbocycles. The Bertz CT molecular complexity index is 4200. The van der Waals surface area contributed by atoms with Gasteiger partial charge >= 0.3 is 11.9 Å². The molecule has 3 aliphatic rings. The van der Waals surface area contributed by atoms with Gasteiger partial charge in [0, 0.05) is 55.8 Å². The Labute approximate surface area is 717 Å². The molecule has 6 heterocycles. The number of nitrogens with one attached hydrogen (secondary N) is 3. The second kappa shape index (κ2) is 51.5. The average molecular weight is 1740 g/mol. The van der Waals surface area contributed by atoms with E-state index in [-0.39, 0.29) is 97.5 Å². The first kappa shape index (κ1) is 98.7. The zero-order valence-corrected chi connectivity index (χ0v) is 66.8. The molecule has 1 unspecified atom stereocenters. The summed E-state index contributed by atoms with van der Waals surface area (Å²) in [6, 6.07) is 62.1. The van der Waals surface area contributed by atoms with Gasteiger partial charge in [0.25, 0.3) is 11.4 Å². The number of pyridine rings is 3. The van der Waals surface area contributed by atoms with Crippen LogP contribution in [0.25, 0.3) is 0 Å². The van der Waals surface area contributed by atoms with Gasteiger partial charge in [0.15, 0.2) is 12.2 Å². The predicted octanol–water partition coefficient (Wildman–Crippen LogP) is 20.4. The normalized spacial score (nSPS) is 15.1. The summed E-state index contributed by atoms with van der Waals surface area (Å²) in [4.78, 5) is 57.5. The van der Waals surface area contributed by atoms with Crippen LogP contribution in [0.4, 0.5) is 11.4 Å². The molecule has 30 heteroatoms. The second-order valence-electron chi connectivity index (χ2n) is 25.7. The Morgan fingerprint density at radius 3 is 0.889 bits per heavy atom. The van der Waals surface area contributed by atoms with Crippen LogP contribution in [-0.4, -0.2) is 141 Å². The maximum absolute atomic E-state index is 11.3. The molecule has 626 valence electrons. The van der Waals surface area contributed by atoms with Crippen LogP contribution in [0.5, 0.6) is 11.5 Å². The number of methoxy groups -OCH3 is 2. The van der Waals surface area contributed by atoms with E-state index in [1.165, 1.54) is 50.6 Å². The molecule has 10 aromatic rings. The number of nitrogens with zero attached hydrogens (tertiary/aromatic N) is 5. The summed E-state index contributed by atoms with van der Waals surface area (Å²) in [5.74, 6) is -1.74. The van der Waals surface area contributed by atoms with Crippen molar-refractivity contribution in [2.75, 3.05) is 53.5 Å². The zero-order chi connectivity index (χ0) is 80.6. The number of hydrogen-bond acceptors (Lipinski definition) is 21. The first-order valence-electron chi connectivity index (χ1n) is 36.0. The molecule has 13 rings (SSSR count). The molecule has 23 nitrogen and oxygen atoms in total. The molecule has 0 bridgehead atoms. The van der Waals surface area contributed by atoms with Crippen LogP contribution in [0.2, 0.25) is 25.1 Å². The average Bonchev–Trinajstić information content (AvgIpc) is 0.824. The van der Waals surface area contributed by atoms with Gasteiger partial charge in [-0.2, -0.15) is 0 Å². The van der Waals surface area contributed by atoms with Gasteiger partial charge in [0.2, 0.25) is 0 Å². The Hall–Kier alpha value is -8.84. The molecule has 7 aromatic carbocycles. The van der Waals surface area contributed by atoms with Gasteiger partial charge in [-0.05, 0) is 227 Å². The van der Waals surface area contributed by atoms with E-state index in [2.05, 4.69) is 30.9 Å². The fraction of sp³-hybridized carbons (Fsp3) is 0.322. The first-order chi connectivity index (χ1) is 54.6. The summed E-state index contributed by atoms with van der Waals surface area (Å²) in [5, 5.41) is 71.8. The van der Waals surface area contributed by atoms with E-state index in [9.17, 15) is 50.2 Å². The highest BCUT2D eigenvalue weighted by atomic mass is 35.5. The molecular formula is C87H101Cl5N8O15S2. The maximum Gasteiger partial charge on any atom is 0.334 e. The van der Waals surface area contributed by atoms with Crippen molar-refractivity contribution in [1.82, 2.24) is 30.9 Å². The number of nitro groups is 2. The van der Waals surface area contributed by atoms with Crippen LogP contribution in [0, 0.1) is 20.2 Å². The zero-order valence-electron chi connectivity index (χ0n) is 61.4. The molecule has 117 heavy (non-hydrogen) atoms. The van der Waals surface area contributed by atoms with Crippen LogP contribution < -0.4 is 25.4 Å². The van der Waals surface area contributed by atoms with Crippen molar-refractivity contribution in [1.29, 1.82) is 0 Å². The van der Waals surface area contributed by atoms with E-state index < -0.39 is 44.5 Å². The van der Waals surface area contributed by atoms with Crippen molar-refractivity contribution >= 4 is 105 Å². The first-order valence-corrected chi connectivity index (χ1v) is 39.7. The lowest BCUT2D eigenvalue weighted by Gasteiger charge is -2.28. The number of ether oxygens (including phenoxy) is 5. The summed E-state index contributed by atoms with van der Waals surface area (Å²) < 4.78 is 29.2. The molecule has 3 aliphatic heterocycles. The smallest absolute Gasteiger partial charge is 0.334 e. The highest BCUT2D eigenvalue weighted by Crippen LogP contribution is 2.45. The molecule has 3 fully saturated rings. The van der Waals surface area contributed by atoms with Crippen molar-refractivity contribution in [3.8, 4) is 11.5 Å². The molecule has 0 amide bonds. The summed E-state index contributed by atoms with van der Waals surface area (Å²) in [7, 11) is 2.98. The van der Waals surface area contributed by atoms with E-state index in [0.29, 0.717) is 22.6 Å². The molecule has 3 saturated heterocycles. The van der Waals surface area contributed by atoms with Gasteiger partial charge in [0.05, 0.1) is 79.8 Å². The Kier molecular flexibility index (Phi) is 43.4. The van der Waals surface area contributed by atoms with Gasteiger partial charge < -0.3 is 60.1 Å². The van der Waals surface area contributed by atoms with Gasteiger partial charge in [-0.1, -0.05) is 167 Å². The number of aromatic nitrogens is 3. The van der Waals surface area contributed by atoms with Crippen molar-refractivity contribution in [3.63, 3.8) is 0 Å². The number of hydrogen-bond donors (Lipinski definition) is 7. The van der Waals surface area contributed by atoms with Gasteiger partial charge in [-0.25, -0.2) is 9.59 Å². The number of halogens is 5. The number of carboxylic acid groups (broad SMARTS) is 2. The number of benzene rings is 7. The van der Waals surface area contributed by atoms with Gasteiger partial charge in [-0.15, -0.1) is 23.5 Å². The minimum Gasteiger partial charge on any atom is -0.497 e. The highest BCUT2D eigenvalue weighted by Gasteiger charge is 2.34. The molecular weight excluding hydrogens is 1640 g/mol. The van der Waals surface area contributed by atoms with Crippen LogP contribution in [-0.2, 0) is 23.8 Å². The number of aliphatic hydroxyl groups excluding tert-OH is 2. The van der Waals surface area contributed by atoms with Crippen molar-refractivity contribution in [3.05, 3.63) is 321 Å². The Morgan fingerprint density at radius 2 is 0.658 bits per heavy atom. The molecule has 0 aliphatic carbocycles. The van der Waals surface area contributed by atoms with Crippen LogP contribution in [0.15, 0.2) is 241 Å². The topological polar surface area (TPSA) is 322 Å². The quantitative estimate of drug-likeness (QED) is 0.0150. The fourth-order valence-electron chi connectivity index (χ4n) is 12.1. The lowest BCUT2D eigenvalue weighted by atomic mass is 10.0. The SMILES string of the molecule is C.C.C.C.COc1ccc([C@@H](Sc2cc(Cl)ccc2[N+](=O)[O-])[C@H](O)C(=O)O)cc1.COc1ccc([C@@H](Sc2cc(Cl)ccc2[N+](=O)[O-])[C@H](O)C(=O)O)cc1.Clc1ccc(C(OC2CCNCC2)c2ccccn2)cc1.Clc1ccc([C@H](OC2CCNCC2)c2ccccn2)cc1.Clc1ccc([C@H](OC2CCNCC2)c2ccccn2)cc1. The number of thioether (sulfide) groups is 2. The monoisotopic (exact) mass is 1740 g/mol. The van der Waals surface area contributed by atoms with E-state index in [0.717, 1.165) is 150 Å². The van der Waals surface area contributed by atoms with Gasteiger partial charge in [0.1, 0.15) is 29.8 Å². The standard InChI is InChI=1S/3C17H19ClN2O.2C16H14ClNO6S.4CH4/c3*18-14-6-4-13(5-7-14)17(16-3-1-2-10-20-16)21-15-8-11-19-12-9-15;2*1-24-11-5-2-9(3-6-11)15(14(19)16(20)21)25-13-8-10(17)4-7-12(13)18(22)23;;;;/h3*1-7,10,15,17,19H,8-9,11-12H2;2*2-8,14-15,19H,1H3,(H,20,21);4*1H4/t2*17-;;2*14-,15+;;;;/m00.00..../s1. The Morgan fingerprint density at radius 1 is 0.402 bits per heavy atom. The van der Waals surface area contributed by atoms with E-state index in [1.54, 1.807) is 48.5 Å². The number of rotatable bonds is 26. The second-order valence-corrected chi connectivity index (χ2v) is 30.3. The lowest BCUT2D eigenvalue weighted by Crippen LogP contribution is -2.33. The Balaban J connectivity index is 0.000000259. The van der Waals surface area contributed by atoms with E-state index >= 15 is 0 Å². The predicted molar refractivity (Wildman–Crippen MR) is 467 cm³/mol. The number of carboxylic acids is 2. The highest BCUT2D eigenvalue weighted by molar-refractivity contribution is 8.00. The molecule has 0 spiro atoms. The third-order valence-corrected chi connectivity index (χ3v) is 21.9. The third kappa shape index (κ3) is 31.1. The molecule has 7 atom stereocenters. The van der Waals surface area contributed by atoms with E-state index in [4.69, 9.17) is 81.7 Å². The molecule has 7 N–H and O–H groups in total. The summed E-state index contributed by atoms with van der Waals surface area (Å²) in [6.45, 7) is 6.08. The number of nitro benzene ring substituents is 2. The third-order valence-electron chi connectivity index (χ3n) is 17.9. The molecule has 3 aromatic heterocycles.